The quantitative estimate of drug-likeness (QED) is 0.791. The van der Waals surface area contributed by atoms with E-state index in [1.54, 1.807) is 0 Å². The van der Waals surface area contributed by atoms with Crippen LogP contribution in [0.5, 0.6) is 0 Å². The highest BCUT2D eigenvalue weighted by Crippen LogP contribution is 2.39. The predicted octanol–water partition coefficient (Wildman–Crippen LogP) is 3.79. The van der Waals surface area contributed by atoms with E-state index in [-0.39, 0.29) is 6.10 Å². The van der Waals surface area contributed by atoms with Crippen LogP contribution in [0.4, 0.5) is 0 Å². The Balaban J connectivity index is 2.20. The number of aliphatic hydroxyl groups excluding tert-OH is 1. The summed E-state index contributed by atoms with van der Waals surface area (Å²) in [7, 11) is 0. The molecule has 1 aromatic rings. The van der Waals surface area contributed by atoms with Crippen LogP contribution < -0.4 is 0 Å². The van der Waals surface area contributed by atoms with E-state index < -0.39 is 0 Å². The first-order valence-electron chi connectivity index (χ1n) is 6.09. The van der Waals surface area contributed by atoms with Crippen LogP contribution in [0.15, 0.2) is 24.3 Å². The second-order valence-corrected chi connectivity index (χ2v) is 4.56. The molecule has 0 heterocycles. The van der Waals surface area contributed by atoms with Gasteiger partial charge < -0.3 is 5.11 Å². The fourth-order valence-corrected chi connectivity index (χ4v) is 2.33. The molecule has 1 N–H and O–H groups in total. The van der Waals surface area contributed by atoms with Crippen LogP contribution in [0.2, 0.25) is 0 Å². The van der Waals surface area contributed by atoms with Gasteiger partial charge in [-0.2, -0.15) is 0 Å². The first kappa shape index (κ1) is 10.7. The van der Waals surface area contributed by atoms with Crippen LogP contribution in [-0.2, 0) is 0 Å². The lowest BCUT2D eigenvalue weighted by atomic mass is 9.77. The molecule has 0 saturated heterocycles. The molecule has 1 nitrogen and oxygen atoms in total. The summed E-state index contributed by atoms with van der Waals surface area (Å²) < 4.78 is 0. The third-order valence-corrected chi connectivity index (χ3v) is 3.46. The number of rotatable bonds is 4. The minimum Gasteiger partial charge on any atom is -0.388 e. The second kappa shape index (κ2) is 4.80. The van der Waals surface area contributed by atoms with Crippen molar-refractivity contribution in [2.24, 2.45) is 0 Å². The topological polar surface area (TPSA) is 20.2 Å². The van der Waals surface area contributed by atoms with Crippen molar-refractivity contribution >= 4 is 0 Å². The zero-order valence-corrected chi connectivity index (χ0v) is 9.45. The Morgan fingerprint density at radius 2 is 2.07 bits per heavy atom. The molecular weight excluding hydrogens is 184 g/mol. The Hall–Kier alpha value is -0.820. The highest BCUT2D eigenvalue weighted by molar-refractivity contribution is 5.33. The van der Waals surface area contributed by atoms with Gasteiger partial charge in [0.1, 0.15) is 0 Å². The summed E-state index contributed by atoms with van der Waals surface area (Å²) in [6, 6.07) is 8.41. The van der Waals surface area contributed by atoms with E-state index >= 15 is 0 Å². The van der Waals surface area contributed by atoms with Crippen molar-refractivity contribution in [2.45, 2.75) is 51.0 Å². The normalized spacial score (nSPS) is 18.5. The largest absolute Gasteiger partial charge is 0.388 e. The molecule has 2 rings (SSSR count). The molecule has 1 fully saturated rings. The minimum atomic E-state index is -0.258. The van der Waals surface area contributed by atoms with Gasteiger partial charge in [-0.15, -0.1) is 0 Å². The van der Waals surface area contributed by atoms with Gasteiger partial charge in [-0.25, -0.2) is 0 Å². The molecule has 1 aliphatic rings. The average Bonchev–Trinajstić information content (AvgIpc) is 2.16. The molecule has 1 aromatic carbocycles. The zero-order valence-electron chi connectivity index (χ0n) is 9.45. The maximum absolute atomic E-state index is 10.1. The van der Waals surface area contributed by atoms with Crippen molar-refractivity contribution in [2.75, 3.05) is 0 Å². The van der Waals surface area contributed by atoms with E-state index in [4.69, 9.17) is 0 Å². The molecule has 0 aromatic heterocycles. The van der Waals surface area contributed by atoms with Crippen molar-refractivity contribution in [1.29, 1.82) is 0 Å². The summed E-state index contributed by atoms with van der Waals surface area (Å²) in [5, 5.41) is 10.1. The maximum Gasteiger partial charge on any atom is 0.0792 e. The standard InChI is InChI=1S/C14H20O/c1-2-6-14(15)13-10-4-3-9-12(13)11-7-5-8-11/h3-4,9-11,14-15H,2,5-8H2,1H3. The van der Waals surface area contributed by atoms with E-state index in [9.17, 15) is 5.11 Å². The fourth-order valence-electron chi connectivity index (χ4n) is 2.33. The second-order valence-electron chi connectivity index (χ2n) is 4.56. The van der Waals surface area contributed by atoms with Gasteiger partial charge in [0.15, 0.2) is 0 Å². The molecule has 1 heteroatoms. The molecule has 0 bridgehead atoms. The maximum atomic E-state index is 10.1. The van der Waals surface area contributed by atoms with Gasteiger partial charge in [-0.1, -0.05) is 44.0 Å². The van der Waals surface area contributed by atoms with Gasteiger partial charge >= 0.3 is 0 Å². The third-order valence-electron chi connectivity index (χ3n) is 3.46. The number of benzene rings is 1. The van der Waals surface area contributed by atoms with Crippen molar-refractivity contribution in [1.82, 2.24) is 0 Å². The Labute approximate surface area is 92.1 Å². The number of hydrogen-bond donors (Lipinski definition) is 1. The van der Waals surface area contributed by atoms with E-state index in [2.05, 4.69) is 25.1 Å². The summed E-state index contributed by atoms with van der Waals surface area (Å²) in [6.07, 6.45) is 5.62. The molecule has 82 valence electrons. The van der Waals surface area contributed by atoms with Crippen LogP contribution in [0.1, 0.15) is 62.2 Å². The molecule has 0 radical (unpaired) electrons. The highest BCUT2D eigenvalue weighted by atomic mass is 16.3. The SMILES string of the molecule is CCCC(O)c1ccccc1C1CCC1. The van der Waals surface area contributed by atoms with Crippen LogP contribution in [0.3, 0.4) is 0 Å². The van der Waals surface area contributed by atoms with E-state index in [0.717, 1.165) is 12.8 Å². The van der Waals surface area contributed by atoms with Crippen molar-refractivity contribution < 1.29 is 5.11 Å². The highest BCUT2D eigenvalue weighted by Gasteiger charge is 2.23. The molecule has 1 unspecified atom stereocenters. The fraction of sp³-hybridized carbons (Fsp3) is 0.571. The van der Waals surface area contributed by atoms with Crippen LogP contribution >= 0.6 is 0 Å². The van der Waals surface area contributed by atoms with Crippen molar-refractivity contribution in [3.05, 3.63) is 35.4 Å². The van der Waals surface area contributed by atoms with Gasteiger partial charge in [0, 0.05) is 0 Å². The molecular formula is C14H20O. The van der Waals surface area contributed by atoms with Gasteiger partial charge in [0.25, 0.3) is 0 Å². The third kappa shape index (κ3) is 2.23. The summed E-state index contributed by atoms with van der Waals surface area (Å²) in [5.41, 5.74) is 2.56. The number of hydrogen-bond acceptors (Lipinski definition) is 1. The Bertz CT molecular complexity index is 315. The smallest absolute Gasteiger partial charge is 0.0792 e. The summed E-state index contributed by atoms with van der Waals surface area (Å²) in [6.45, 7) is 2.12. The van der Waals surface area contributed by atoms with E-state index in [1.165, 1.54) is 30.4 Å². The first-order valence-corrected chi connectivity index (χ1v) is 6.09. The Morgan fingerprint density at radius 3 is 2.67 bits per heavy atom. The Kier molecular flexibility index (Phi) is 3.42. The predicted molar refractivity (Wildman–Crippen MR) is 62.9 cm³/mol. The summed E-state index contributed by atoms with van der Waals surface area (Å²) in [5.74, 6) is 0.715. The van der Waals surface area contributed by atoms with E-state index in [0.29, 0.717) is 5.92 Å². The molecule has 15 heavy (non-hydrogen) atoms. The molecule has 0 amide bonds. The molecule has 0 spiro atoms. The van der Waals surface area contributed by atoms with Crippen LogP contribution in [0, 0.1) is 0 Å². The monoisotopic (exact) mass is 204 g/mol. The molecule has 1 aliphatic carbocycles. The first-order chi connectivity index (χ1) is 7.33. The van der Waals surface area contributed by atoms with E-state index in [1.807, 2.05) is 6.07 Å². The van der Waals surface area contributed by atoms with Gasteiger partial charge in [-0.05, 0) is 36.3 Å². The molecule has 1 atom stereocenters. The average molecular weight is 204 g/mol. The lowest BCUT2D eigenvalue weighted by Crippen LogP contribution is -2.13. The number of aliphatic hydroxyl groups is 1. The molecule has 1 saturated carbocycles. The van der Waals surface area contributed by atoms with Gasteiger partial charge in [0.2, 0.25) is 0 Å². The lowest BCUT2D eigenvalue weighted by molar-refractivity contribution is 0.164. The van der Waals surface area contributed by atoms with Crippen LogP contribution in [0.25, 0.3) is 0 Å². The van der Waals surface area contributed by atoms with Crippen LogP contribution in [-0.4, -0.2) is 5.11 Å². The van der Waals surface area contributed by atoms with Gasteiger partial charge in [-0.3, -0.25) is 0 Å². The minimum absolute atomic E-state index is 0.258. The zero-order chi connectivity index (χ0) is 10.7. The lowest BCUT2D eigenvalue weighted by Gasteiger charge is -2.29. The van der Waals surface area contributed by atoms with Gasteiger partial charge in [0.05, 0.1) is 6.10 Å². The summed E-state index contributed by atoms with van der Waals surface area (Å²) >= 11 is 0. The molecule has 0 aliphatic heterocycles. The summed E-state index contributed by atoms with van der Waals surface area (Å²) in [4.78, 5) is 0. The van der Waals surface area contributed by atoms with Crippen molar-refractivity contribution in [3.8, 4) is 0 Å². The van der Waals surface area contributed by atoms with Crippen molar-refractivity contribution in [3.63, 3.8) is 0 Å². The Morgan fingerprint density at radius 1 is 1.33 bits per heavy atom.